The molecule has 3 aromatic rings. The van der Waals surface area contributed by atoms with E-state index in [9.17, 15) is 4.79 Å². The summed E-state index contributed by atoms with van der Waals surface area (Å²) in [6, 6.07) is 15.3. The first-order valence-electron chi connectivity index (χ1n) is 8.62. The Labute approximate surface area is 163 Å². The van der Waals surface area contributed by atoms with E-state index >= 15 is 0 Å². The van der Waals surface area contributed by atoms with E-state index in [2.05, 4.69) is 10.5 Å². The number of aromatic nitrogens is 1. The molecule has 0 aliphatic heterocycles. The molecule has 2 aromatic carbocycles. The molecular weight excluding hydrogens is 360 g/mol. The molecule has 5 nitrogen and oxygen atoms in total. The Morgan fingerprint density at radius 2 is 1.81 bits per heavy atom. The molecule has 0 bridgehead atoms. The van der Waals surface area contributed by atoms with Gasteiger partial charge in [-0.15, -0.1) is 11.8 Å². The van der Waals surface area contributed by atoms with Gasteiger partial charge in [-0.3, -0.25) is 4.79 Å². The Morgan fingerprint density at radius 1 is 1.11 bits per heavy atom. The van der Waals surface area contributed by atoms with E-state index in [1.807, 2.05) is 68.6 Å². The Kier molecular flexibility index (Phi) is 6.19. The molecule has 0 saturated heterocycles. The molecule has 27 heavy (non-hydrogen) atoms. The summed E-state index contributed by atoms with van der Waals surface area (Å²) in [7, 11) is 0. The summed E-state index contributed by atoms with van der Waals surface area (Å²) in [6.45, 7) is 4.17. The van der Waals surface area contributed by atoms with Crippen molar-refractivity contribution in [2.24, 2.45) is 0 Å². The molecule has 0 aliphatic rings. The Bertz CT molecular complexity index is 883. The van der Waals surface area contributed by atoms with Gasteiger partial charge in [0.05, 0.1) is 17.7 Å². The highest BCUT2D eigenvalue weighted by Gasteiger charge is 2.10. The van der Waals surface area contributed by atoms with Crippen molar-refractivity contribution in [2.45, 2.75) is 31.8 Å². The van der Waals surface area contributed by atoms with Crippen molar-refractivity contribution in [2.75, 3.05) is 11.6 Å². The lowest BCUT2D eigenvalue weighted by Crippen LogP contribution is -2.14. The molecule has 0 spiro atoms. The highest BCUT2D eigenvalue weighted by Crippen LogP contribution is 2.19. The predicted molar refractivity (Wildman–Crippen MR) is 107 cm³/mol. The molecule has 0 saturated carbocycles. The quantitative estimate of drug-likeness (QED) is 0.596. The number of hydrogen-bond acceptors (Lipinski definition) is 5. The smallest absolute Gasteiger partial charge is 0.228 e. The van der Waals surface area contributed by atoms with Gasteiger partial charge in [-0.1, -0.05) is 17.3 Å². The van der Waals surface area contributed by atoms with E-state index in [4.69, 9.17) is 9.26 Å². The maximum Gasteiger partial charge on any atom is 0.228 e. The average molecular weight is 382 g/mol. The Morgan fingerprint density at radius 3 is 2.41 bits per heavy atom. The molecule has 1 N–H and O–H groups in total. The third-order valence-electron chi connectivity index (χ3n) is 4.23. The lowest BCUT2D eigenvalue weighted by Gasteiger charge is -2.08. The van der Waals surface area contributed by atoms with E-state index in [0.717, 1.165) is 34.0 Å². The van der Waals surface area contributed by atoms with Gasteiger partial charge in [-0.2, -0.15) is 0 Å². The van der Waals surface area contributed by atoms with Gasteiger partial charge in [0.2, 0.25) is 5.91 Å². The van der Waals surface area contributed by atoms with E-state index in [0.29, 0.717) is 13.0 Å². The van der Waals surface area contributed by atoms with Gasteiger partial charge < -0.3 is 14.6 Å². The number of carbonyl (C=O) groups is 1. The molecule has 0 atom stereocenters. The van der Waals surface area contributed by atoms with E-state index in [1.165, 1.54) is 4.90 Å². The number of rotatable bonds is 7. The van der Waals surface area contributed by atoms with Crippen molar-refractivity contribution in [1.29, 1.82) is 0 Å². The van der Waals surface area contributed by atoms with Crippen LogP contribution in [0.2, 0.25) is 0 Å². The van der Waals surface area contributed by atoms with Gasteiger partial charge in [-0.25, -0.2) is 0 Å². The standard InChI is InChI=1S/C21H22N2O3S/c1-14-20(15(2)26-23-14)13-25-18-8-4-16(5-9-18)12-21(24)22-17-6-10-19(27-3)11-7-17/h4-11H,12-13H2,1-3H3,(H,22,24). The van der Waals surface area contributed by atoms with Crippen molar-refractivity contribution < 1.29 is 14.1 Å². The number of aryl methyl sites for hydroxylation is 2. The molecule has 140 valence electrons. The highest BCUT2D eigenvalue weighted by molar-refractivity contribution is 7.98. The normalized spacial score (nSPS) is 10.6. The fourth-order valence-corrected chi connectivity index (χ4v) is 3.04. The Balaban J connectivity index is 1.52. The predicted octanol–water partition coefficient (Wildman–Crippen LogP) is 4.77. The summed E-state index contributed by atoms with van der Waals surface area (Å²) >= 11 is 1.67. The number of thioether (sulfide) groups is 1. The number of benzene rings is 2. The van der Waals surface area contributed by atoms with Gasteiger partial charge in [0.15, 0.2) is 0 Å². The highest BCUT2D eigenvalue weighted by atomic mass is 32.2. The summed E-state index contributed by atoms with van der Waals surface area (Å²) in [4.78, 5) is 13.4. The van der Waals surface area contributed by atoms with Crippen LogP contribution in [-0.2, 0) is 17.8 Å². The van der Waals surface area contributed by atoms with Crippen LogP contribution < -0.4 is 10.1 Å². The van der Waals surface area contributed by atoms with Gasteiger partial charge in [0, 0.05) is 10.6 Å². The number of ether oxygens (including phenoxy) is 1. The summed E-state index contributed by atoms with van der Waals surface area (Å²) in [5, 5.41) is 6.83. The molecule has 1 heterocycles. The van der Waals surface area contributed by atoms with Crippen LogP contribution in [0, 0.1) is 13.8 Å². The molecule has 0 unspecified atom stereocenters. The first-order chi connectivity index (χ1) is 13.0. The minimum Gasteiger partial charge on any atom is -0.489 e. The zero-order valence-electron chi connectivity index (χ0n) is 15.6. The third kappa shape index (κ3) is 5.14. The van der Waals surface area contributed by atoms with Crippen LogP contribution in [0.25, 0.3) is 0 Å². The topological polar surface area (TPSA) is 64.4 Å². The van der Waals surface area contributed by atoms with E-state index < -0.39 is 0 Å². The number of nitrogens with zero attached hydrogens (tertiary/aromatic N) is 1. The van der Waals surface area contributed by atoms with E-state index in [-0.39, 0.29) is 5.91 Å². The maximum absolute atomic E-state index is 12.2. The van der Waals surface area contributed by atoms with Crippen molar-refractivity contribution in [3.63, 3.8) is 0 Å². The lowest BCUT2D eigenvalue weighted by atomic mass is 10.1. The zero-order valence-corrected chi connectivity index (χ0v) is 16.4. The summed E-state index contributed by atoms with van der Waals surface area (Å²) < 4.78 is 10.9. The van der Waals surface area contributed by atoms with Crippen molar-refractivity contribution >= 4 is 23.4 Å². The van der Waals surface area contributed by atoms with Crippen LogP contribution in [-0.4, -0.2) is 17.3 Å². The average Bonchev–Trinajstić information content (AvgIpc) is 2.99. The first kappa shape index (κ1) is 19.0. The monoisotopic (exact) mass is 382 g/mol. The fraction of sp³-hybridized carbons (Fsp3) is 0.238. The van der Waals surface area contributed by atoms with Gasteiger partial charge in [-0.05, 0) is 62.1 Å². The third-order valence-corrected chi connectivity index (χ3v) is 4.97. The molecule has 0 aliphatic carbocycles. The minimum atomic E-state index is -0.0451. The number of nitrogens with one attached hydrogen (secondary N) is 1. The first-order valence-corrected chi connectivity index (χ1v) is 9.85. The molecule has 1 amide bonds. The van der Waals surface area contributed by atoms with Crippen molar-refractivity contribution in [3.05, 3.63) is 71.1 Å². The summed E-state index contributed by atoms with van der Waals surface area (Å²) in [5.74, 6) is 1.47. The maximum atomic E-state index is 12.2. The van der Waals surface area contributed by atoms with Crippen LogP contribution in [0.15, 0.2) is 57.9 Å². The second-order valence-corrected chi connectivity index (χ2v) is 7.07. The summed E-state index contributed by atoms with van der Waals surface area (Å²) in [5.41, 5.74) is 3.53. The van der Waals surface area contributed by atoms with Gasteiger partial charge >= 0.3 is 0 Å². The molecule has 0 fully saturated rings. The summed E-state index contributed by atoms with van der Waals surface area (Å²) in [6.07, 6.45) is 2.34. The number of anilines is 1. The van der Waals surface area contributed by atoms with Crippen LogP contribution in [0.3, 0.4) is 0 Å². The molecular formula is C21H22N2O3S. The van der Waals surface area contributed by atoms with Gasteiger partial charge in [0.1, 0.15) is 18.1 Å². The molecule has 6 heteroatoms. The second kappa shape index (κ2) is 8.77. The zero-order chi connectivity index (χ0) is 19.2. The molecule has 0 radical (unpaired) electrons. The van der Waals surface area contributed by atoms with Crippen molar-refractivity contribution in [1.82, 2.24) is 5.16 Å². The lowest BCUT2D eigenvalue weighted by molar-refractivity contribution is -0.115. The second-order valence-electron chi connectivity index (χ2n) is 6.19. The fourth-order valence-electron chi connectivity index (χ4n) is 2.63. The van der Waals surface area contributed by atoms with Crippen molar-refractivity contribution in [3.8, 4) is 5.75 Å². The SMILES string of the molecule is CSc1ccc(NC(=O)Cc2ccc(OCc3c(C)noc3C)cc2)cc1. The largest absolute Gasteiger partial charge is 0.489 e. The van der Waals surface area contributed by atoms with Crippen LogP contribution in [0.4, 0.5) is 5.69 Å². The van der Waals surface area contributed by atoms with Crippen LogP contribution in [0.1, 0.15) is 22.6 Å². The van der Waals surface area contributed by atoms with E-state index in [1.54, 1.807) is 11.8 Å². The number of hydrogen-bond donors (Lipinski definition) is 1. The van der Waals surface area contributed by atoms with Crippen LogP contribution >= 0.6 is 11.8 Å². The number of carbonyl (C=O) groups excluding carboxylic acids is 1. The molecule has 1 aromatic heterocycles. The van der Waals surface area contributed by atoms with Gasteiger partial charge in [0.25, 0.3) is 0 Å². The number of amides is 1. The molecule has 3 rings (SSSR count). The minimum absolute atomic E-state index is 0.0451. The van der Waals surface area contributed by atoms with Crippen LogP contribution in [0.5, 0.6) is 5.75 Å². The Hall–Kier alpha value is -2.73.